The molecule has 0 saturated heterocycles. The summed E-state index contributed by atoms with van der Waals surface area (Å²) in [7, 11) is 1.59. The number of likely N-dealkylation sites (N-methyl/N-ethyl adjacent to an activating group) is 1. The van der Waals surface area contributed by atoms with Gasteiger partial charge in [0.2, 0.25) is 5.91 Å². The number of alkyl halides is 3. The van der Waals surface area contributed by atoms with Gasteiger partial charge in [0.05, 0.1) is 37.2 Å². The minimum atomic E-state index is -4.47. The Morgan fingerprint density at radius 1 is 1.31 bits per heavy atom. The van der Waals surface area contributed by atoms with Crippen LogP contribution in [0.1, 0.15) is 24.7 Å². The Labute approximate surface area is 149 Å². The monoisotopic (exact) mass is 370 g/mol. The molecule has 26 heavy (non-hydrogen) atoms. The number of furan rings is 1. The van der Waals surface area contributed by atoms with E-state index in [4.69, 9.17) is 9.15 Å². The standard InChI is InChI=1S/C18H21F3N2O3/c1-3-8-26-16-7-6-13(18(19,20)21)10-15(16)22-11-17(24)23(2)12-14-5-4-9-25-14/h4-7,9-10,22H,3,8,11-12H2,1-2H3. The Morgan fingerprint density at radius 3 is 2.69 bits per heavy atom. The molecule has 1 aromatic heterocycles. The second kappa shape index (κ2) is 8.64. The number of carbonyl (C=O) groups is 1. The molecule has 5 nitrogen and oxygen atoms in total. The normalized spacial score (nSPS) is 11.3. The molecule has 2 rings (SSSR count). The third-order valence-corrected chi connectivity index (χ3v) is 3.60. The Morgan fingerprint density at radius 2 is 2.08 bits per heavy atom. The van der Waals surface area contributed by atoms with Gasteiger partial charge in [0.25, 0.3) is 0 Å². The van der Waals surface area contributed by atoms with Gasteiger partial charge in [0, 0.05) is 7.05 Å². The van der Waals surface area contributed by atoms with Crippen molar-refractivity contribution in [3.8, 4) is 5.75 Å². The average Bonchev–Trinajstić information content (AvgIpc) is 3.10. The number of anilines is 1. The second-order valence-electron chi connectivity index (χ2n) is 5.74. The van der Waals surface area contributed by atoms with Crippen LogP contribution in [0.25, 0.3) is 0 Å². The van der Waals surface area contributed by atoms with Gasteiger partial charge in [-0.3, -0.25) is 4.79 Å². The van der Waals surface area contributed by atoms with Gasteiger partial charge in [-0.05, 0) is 36.8 Å². The van der Waals surface area contributed by atoms with E-state index in [1.807, 2.05) is 6.92 Å². The maximum absolute atomic E-state index is 12.9. The van der Waals surface area contributed by atoms with Crippen LogP contribution in [0.4, 0.5) is 18.9 Å². The van der Waals surface area contributed by atoms with E-state index in [0.29, 0.717) is 18.8 Å². The van der Waals surface area contributed by atoms with Crippen molar-refractivity contribution in [3.63, 3.8) is 0 Å². The number of halogens is 3. The van der Waals surface area contributed by atoms with Gasteiger partial charge in [-0.15, -0.1) is 0 Å². The third-order valence-electron chi connectivity index (χ3n) is 3.60. The van der Waals surface area contributed by atoms with Gasteiger partial charge in [-0.2, -0.15) is 13.2 Å². The highest BCUT2D eigenvalue weighted by Gasteiger charge is 2.31. The zero-order valence-electron chi connectivity index (χ0n) is 14.6. The van der Waals surface area contributed by atoms with Crippen molar-refractivity contribution in [2.24, 2.45) is 0 Å². The first kappa shape index (κ1) is 19.7. The van der Waals surface area contributed by atoms with E-state index in [1.165, 1.54) is 17.2 Å². The van der Waals surface area contributed by atoms with Gasteiger partial charge in [0.1, 0.15) is 11.5 Å². The minimum Gasteiger partial charge on any atom is -0.491 e. The molecule has 0 spiro atoms. The van der Waals surface area contributed by atoms with Crippen LogP contribution >= 0.6 is 0 Å². The molecule has 1 amide bonds. The molecule has 8 heteroatoms. The number of ether oxygens (including phenoxy) is 1. The number of nitrogens with one attached hydrogen (secondary N) is 1. The largest absolute Gasteiger partial charge is 0.491 e. The Kier molecular flexibility index (Phi) is 6.54. The number of hydrogen-bond acceptors (Lipinski definition) is 4. The lowest BCUT2D eigenvalue weighted by Gasteiger charge is -2.19. The Bertz CT molecular complexity index is 715. The average molecular weight is 370 g/mol. The van der Waals surface area contributed by atoms with Crippen LogP contribution < -0.4 is 10.1 Å². The fourth-order valence-corrected chi connectivity index (χ4v) is 2.21. The molecule has 0 fully saturated rings. The first-order valence-corrected chi connectivity index (χ1v) is 8.15. The van der Waals surface area contributed by atoms with Crippen LogP contribution in [0.3, 0.4) is 0 Å². The van der Waals surface area contributed by atoms with E-state index in [2.05, 4.69) is 5.32 Å². The predicted molar refractivity (Wildman–Crippen MR) is 90.9 cm³/mol. The molecule has 0 aliphatic rings. The maximum Gasteiger partial charge on any atom is 0.416 e. The number of carbonyl (C=O) groups excluding carboxylic acids is 1. The molecular weight excluding hydrogens is 349 g/mol. The summed E-state index contributed by atoms with van der Waals surface area (Å²) in [4.78, 5) is 13.6. The molecule has 0 saturated carbocycles. The van der Waals surface area contributed by atoms with E-state index in [9.17, 15) is 18.0 Å². The van der Waals surface area contributed by atoms with Crippen molar-refractivity contribution < 1.29 is 27.1 Å². The van der Waals surface area contributed by atoms with Crippen LogP contribution in [-0.2, 0) is 17.5 Å². The van der Waals surface area contributed by atoms with Crippen LogP contribution in [0.15, 0.2) is 41.0 Å². The first-order chi connectivity index (χ1) is 12.3. The number of nitrogens with zero attached hydrogens (tertiary/aromatic N) is 1. The molecule has 0 aliphatic heterocycles. The van der Waals surface area contributed by atoms with E-state index >= 15 is 0 Å². The number of hydrogen-bond donors (Lipinski definition) is 1. The summed E-state index contributed by atoms with van der Waals surface area (Å²) in [6, 6.07) is 6.62. The minimum absolute atomic E-state index is 0.132. The summed E-state index contributed by atoms with van der Waals surface area (Å²) in [6.45, 7) is 2.37. The predicted octanol–water partition coefficient (Wildman–Crippen LogP) is 4.16. The highest BCUT2D eigenvalue weighted by Crippen LogP contribution is 2.35. The van der Waals surface area contributed by atoms with E-state index in [1.54, 1.807) is 19.2 Å². The van der Waals surface area contributed by atoms with Crippen molar-refractivity contribution in [2.75, 3.05) is 25.5 Å². The third kappa shape index (κ3) is 5.44. The van der Waals surface area contributed by atoms with E-state index in [-0.39, 0.29) is 30.4 Å². The summed E-state index contributed by atoms with van der Waals surface area (Å²) >= 11 is 0. The molecule has 2 aromatic rings. The molecule has 0 unspecified atom stereocenters. The van der Waals surface area contributed by atoms with Gasteiger partial charge in [0.15, 0.2) is 0 Å². The highest BCUT2D eigenvalue weighted by atomic mass is 19.4. The van der Waals surface area contributed by atoms with Crippen molar-refractivity contribution >= 4 is 11.6 Å². The SMILES string of the molecule is CCCOc1ccc(C(F)(F)F)cc1NCC(=O)N(C)Cc1ccco1. The van der Waals surface area contributed by atoms with Crippen LogP contribution in [0.2, 0.25) is 0 Å². The zero-order chi connectivity index (χ0) is 19.2. The van der Waals surface area contributed by atoms with Crippen molar-refractivity contribution in [1.29, 1.82) is 0 Å². The molecule has 0 radical (unpaired) electrons. The van der Waals surface area contributed by atoms with E-state index < -0.39 is 11.7 Å². The fourth-order valence-electron chi connectivity index (χ4n) is 2.21. The number of benzene rings is 1. The summed E-state index contributed by atoms with van der Waals surface area (Å²) < 4.78 is 49.4. The van der Waals surface area contributed by atoms with Crippen molar-refractivity contribution in [3.05, 3.63) is 47.9 Å². The summed E-state index contributed by atoms with van der Waals surface area (Å²) in [5.41, 5.74) is -0.673. The smallest absolute Gasteiger partial charge is 0.416 e. The fraction of sp³-hybridized carbons (Fsp3) is 0.389. The van der Waals surface area contributed by atoms with Crippen LogP contribution in [-0.4, -0.2) is 31.0 Å². The number of amides is 1. The summed E-state index contributed by atoms with van der Waals surface area (Å²) in [5.74, 6) is 0.605. The number of rotatable bonds is 8. The van der Waals surface area contributed by atoms with Gasteiger partial charge >= 0.3 is 6.18 Å². The zero-order valence-corrected chi connectivity index (χ0v) is 14.6. The van der Waals surface area contributed by atoms with Gasteiger partial charge < -0.3 is 19.4 Å². The molecule has 0 aliphatic carbocycles. The summed E-state index contributed by atoms with van der Waals surface area (Å²) in [5, 5.41) is 2.75. The molecule has 1 N–H and O–H groups in total. The molecule has 1 heterocycles. The second-order valence-corrected chi connectivity index (χ2v) is 5.74. The van der Waals surface area contributed by atoms with Crippen LogP contribution in [0, 0.1) is 0 Å². The highest BCUT2D eigenvalue weighted by molar-refractivity contribution is 5.81. The summed E-state index contributed by atoms with van der Waals surface area (Å²) in [6.07, 6.45) is -2.25. The van der Waals surface area contributed by atoms with Gasteiger partial charge in [-0.25, -0.2) is 0 Å². The van der Waals surface area contributed by atoms with E-state index in [0.717, 1.165) is 12.1 Å². The molecule has 0 atom stereocenters. The lowest BCUT2D eigenvalue weighted by molar-refractivity contribution is -0.137. The Hall–Kier alpha value is -2.64. The molecule has 0 bridgehead atoms. The quantitative estimate of drug-likeness (QED) is 0.758. The lowest BCUT2D eigenvalue weighted by Crippen LogP contribution is -2.31. The van der Waals surface area contributed by atoms with Crippen molar-refractivity contribution in [2.45, 2.75) is 26.1 Å². The molecular formula is C18H21F3N2O3. The van der Waals surface area contributed by atoms with Crippen LogP contribution in [0.5, 0.6) is 5.75 Å². The van der Waals surface area contributed by atoms with Gasteiger partial charge in [-0.1, -0.05) is 6.92 Å². The lowest BCUT2D eigenvalue weighted by atomic mass is 10.1. The van der Waals surface area contributed by atoms with Crippen molar-refractivity contribution in [1.82, 2.24) is 4.90 Å². The molecule has 142 valence electrons. The Balaban J connectivity index is 2.06. The molecule has 1 aromatic carbocycles. The first-order valence-electron chi connectivity index (χ1n) is 8.15. The maximum atomic E-state index is 12.9. The topological polar surface area (TPSA) is 54.7 Å².